The van der Waals surface area contributed by atoms with Crippen LogP contribution in [0.3, 0.4) is 0 Å². The van der Waals surface area contributed by atoms with Gasteiger partial charge >= 0.3 is 6.11 Å². The molecule has 3 aromatic rings. The lowest BCUT2D eigenvalue weighted by Crippen LogP contribution is -2.29. The van der Waals surface area contributed by atoms with Gasteiger partial charge in [-0.05, 0) is 74.6 Å². The van der Waals surface area contributed by atoms with E-state index >= 15 is 0 Å². The van der Waals surface area contributed by atoms with Crippen LogP contribution in [0.2, 0.25) is 0 Å². The van der Waals surface area contributed by atoms with E-state index in [0.717, 1.165) is 35.4 Å². The first kappa shape index (κ1) is 25.1. The minimum atomic E-state index is -3.24. The summed E-state index contributed by atoms with van der Waals surface area (Å²) in [4.78, 5) is 21.4. The lowest BCUT2D eigenvalue weighted by atomic mass is 10.1. The molecule has 1 N–H and O–H groups in total. The molecule has 0 radical (unpaired) electrons. The number of carbonyl (C=O) groups excluding carboxylic acids is 1. The molecule has 1 heterocycles. The Morgan fingerprint density at radius 1 is 1.09 bits per heavy atom. The van der Waals surface area contributed by atoms with Gasteiger partial charge in [0.15, 0.2) is 0 Å². The Bertz CT molecular complexity index is 1170. The van der Waals surface area contributed by atoms with E-state index in [-0.39, 0.29) is 11.7 Å². The van der Waals surface area contributed by atoms with Crippen LogP contribution in [0, 0.1) is 6.92 Å². The van der Waals surface area contributed by atoms with Crippen LogP contribution >= 0.6 is 0 Å². The summed E-state index contributed by atoms with van der Waals surface area (Å²) in [7, 11) is 6.11. The summed E-state index contributed by atoms with van der Waals surface area (Å²) in [5, 5.41) is 3.82. The van der Waals surface area contributed by atoms with E-state index in [1.165, 1.54) is 18.2 Å². The van der Waals surface area contributed by atoms with E-state index in [0.29, 0.717) is 18.2 Å². The number of anilines is 2. The number of hydrogen-bond acceptors (Lipinski definition) is 5. The smallest absolute Gasteiger partial charge is 0.394 e. The number of aromatic nitrogens is 1. The van der Waals surface area contributed by atoms with Crippen molar-refractivity contribution in [1.82, 2.24) is 9.88 Å². The van der Waals surface area contributed by atoms with Crippen LogP contribution in [0.4, 0.5) is 20.3 Å². The zero-order valence-corrected chi connectivity index (χ0v) is 20.1. The molecule has 1 amide bonds. The highest BCUT2D eigenvalue weighted by atomic mass is 19.3. The van der Waals surface area contributed by atoms with E-state index in [4.69, 9.17) is 4.98 Å². The Morgan fingerprint density at radius 3 is 2.44 bits per heavy atom. The van der Waals surface area contributed by atoms with Crippen LogP contribution in [0.25, 0.3) is 17.0 Å². The molecule has 0 saturated heterocycles. The molecule has 0 saturated carbocycles. The average Bonchev–Trinajstić information content (AvgIpc) is 2.76. The molecule has 34 heavy (non-hydrogen) atoms. The number of halogens is 2. The third kappa shape index (κ3) is 7.25. The molecule has 0 aliphatic carbocycles. The quantitative estimate of drug-likeness (QED) is 0.439. The van der Waals surface area contributed by atoms with Crippen LogP contribution < -0.4 is 15.0 Å². The Kier molecular flexibility index (Phi) is 7.83. The molecule has 8 heteroatoms. The number of nitrogens with one attached hydrogen (secondary N) is 1. The van der Waals surface area contributed by atoms with Gasteiger partial charge in [0, 0.05) is 44.2 Å². The summed E-state index contributed by atoms with van der Waals surface area (Å²) in [6.45, 7) is 4.51. The number of ether oxygens (including phenoxy) is 1. The third-order valence-electron chi connectivity index (χ3n) is 5.15. The fraction of sp³-hybridized carbons (Fsp3) is 0.308. The van der Waals surface area contributed by atoms with Gasteiger partial charge in [0.1, 0.15) is 11.6 Å². The molecule has 180 valence electrons. The highest BCUT2D eigenvalue weighted by Gasteiger charge is 2.22. The second-order valence-electron chi connectivity index (χ2n) is 8.56. The summed E-state index contributed by atoms with van der Waals surface area (Å²) in [5.41, 5.74) is 3.28. The molecule has 0 atom stereocenters. The number of likely N-dealkylation sites (N-methyl/N-ethyl adjacent to an activating group) is 2. The van der Waals surface area contributed by atoms with Crippen molar-refractivity contribution >= 4 is 34.4 Å². The van der Waals surface area contributed by atoms with Gasteiger partial charge in [-0.3, -0.25) is 4.79 Å². The van der Waals surface area contributed by atoms with Crippen molar-refractivity contribution in [3.8, 4) is 5.75 Å². The zero-order chi connectivity index (χ0) is 24.9. The Hall–Kier alpha value is -3.52. The first-order chi connectivity index (χ1) is 16.0. The molecule has 0 fully saturated rings. The van der Waals surface area contributed by atoms with E-state index in [2.05, 4.69) is 19.9 Å². The second kappa shape index (κ2) is 10.6. The van der Waals surface area contributed by atoms with Crippen molar-refractivity contribution < 1.29 is 18.3 Å². The number of aryl methyl sites for hydroxylation is 1. The summed E-state index contributed by atoms with van der Waals surface area (Å²) in [6.07, 6.45) is -0.246. The fourth-order valence-corrected chi connectivity index (χ4v) is 3.32. The average molecular weight is 469 g/mol. The number of rotatable bonds is 9. The maximum Gasteiger partial charge on any atom is 0.394 e. The van der Waals surface area contributed by atoms with Gasteiger partial charge in [0.2, 0.25) is 5.91 Å². The van der Waals surface area contributed by atoms with Gasteiger partial charge in [-0.2, -0.15) is 8.78 Å². The van der Waals surface area contributed by atoms with Crippen molar-refractivity contribution in [3.63, 3.8) is 0 Å². The van der Waals surface area contributed by atoms with Gasteiger partial charge in [-0.1, -0.05) is 12.1 Å². The summed E-state index contributed by atoms with van der Waals surface area (Å²) < 4.78 is 30.3. The van der Waals surface area contributed by atoms with Gasteiger partial charge in [-0.15, -0.1) is 0 Å². The van der Waals surface area contributed by atoms with E-state index in [9.17, 15) is 13.6 Å². The minimum absolute atomic E-state index is 0.0568. The zero-order valence-electron chi connectivity index (χ0n) is 20.1. The molecular weight excluding hydrogens is 438 g/mol. The number of carbonyl (C=O) groups is 1. The fourth-order valence-electron chi connectivity index (χ4n) is 3.32. The van der Waals surface area contributed by atoms with E-state index in [1.807, 2.05) is 52.3 Å². The topological polar surface area (TPSA) is 57.7 Å². The van der Waals surface area contributed by atoms with Crippen molar-refractivity contribution in [2.24, 2.45) is 0 Å². The number of fused-ring (bicyclic) bond motifs is 1. The molecule has 6 nitrogen and oxygen atoms in total. The predicted octanol–water partition coefficient (Wildman–Crippen LogP) is 5.18. The monoisotopic (exact) mass is 468 g/mol. The molecule has 1 aromatic heterocycles. The number of alkyl halides is 2. The van der Waals surface area contributed by atoms with Crippen LogP contribution in [0.15, 0.2) is 54.6 Å². The van der Waals surface area contributed by atoms with Crippen LogP contribution in [0.5, 0.6) is 5.75 Å². The molecule has 0 bridgehead atoms. The summed E-state index contributed by atoms with van der Waals surface area (Å²) in [5.74, 6) is 0.664. The van der Waals surface area contributed by atoms with Gasteiger partial charge in [0.25, 0.3) is 0 Å². The summed E-state index contributed by atoms with van der Waals surface area (Å²) in [6, 6.07) is 13.7. The predicted molar refractivity (Wildman–Crippen MR) is 134 cm³/mol. The molecular formula is C26H30F2N4O2. The molecule has 0 spiro atoms. The molecule has 0 aliphatic heterocycles. The van der Waals surface area contributed by atoms with E-state index < -0.39 is 6.11 Å². The Morgan fingerprint density at radius 2 is 1.79 bits per heavy atom. The standard InChI is InChI=1S/C26H30F2N4O2/c1-18-16-24(32(5)15-14-31(3)4)30-23-12-9-20(17-22(18)23)29-25(33)13-8-19-6-10-21(11-7-19)34-26(2,27)28/h6-13,16-17H,14-15H2,1-5H3,(H,29,33)/b13-8+. The van der Waals surface area contributed by atoms with Crippen LogP contribution in [-0.4, -0.2) is 56.1 Å². The van der Waals surface area contributed by atoms with Gasteiger partial charge in [-0.25, -0.2) is 4.98 Å². The Balaban J connectivity index is 1.67. The van der Waals surface area contributed by atoms with Crippen molar-refractivity contribution in [3.05, 3.63) is 65.7 Å². The lowest BCUT2D eigenvalue weighted by Gasteiger charge is -2.21. The molecule has 0 unspecified atom stereocenters. The SMILES string of the molecule is Cc1cc(N(C)CCN(C)C)nc2ccc(NC(=O)/C=C/c3ccc(OC(C)(F)F)cc3)cc12. The van der Waals surface area contributed by atoms with Gasteiger partial charge in [0.05, 0.1) is 5.52 Å². The number of nitrogens with zero attached hydrogens (tertiary/aromatic N) is 3. The summed E-state index contributed by atoms with van der Waals surface area (Å²) >= 11 is 0. The minimum Gasteiger partial charge on any atom is -0.433 e. The Labute approximate surface area is 198 Å². The highest BCUT2D eigenvalue weighted by molar-refractivity contribution is 6.03. The first-order valence-electron chi connectivity index (χ1n) is 10.9. The third-order valence-corrected chi connectivity index (χ3v) is 5.15. The number of amides is 1. The first-order valence-corrected chi connectivity index (χ1v) is 10.9. The highest BCUT2D eigenvalue weighted by Crippen LogP contribution is 2.25. The molecule has 2 aromatic carbocycles. The maximum atomic E-state index is 12.9. The van der Waals surface area contributed by atoms with E-state index in [1.54, 1.807) is 18.2 Å². The van der Waals surface area contributed by atoms with Crippen molar-refractivity contribution in [2.45, 2.75) is 20.0 Å². The maximum absolute atomic E-state index is 12.9. The largest absolute Gasteiger partial charge is 0.433 e. The number of benzene rings is 2. The van der Waals surface area contributed by atoms with Gasteiger partial charge < -0.3 is 19.9 Å². The van der Waals surface area contributed by atoms with Crippen LogP contribution in [0.1, 0.15) is 18.1 Å². The number of hydrogen-bond donors (Lipinski definition) is 1. The normalized spacial score (nSPS) is 11.9. The van der Waals surface area contributed by atoms with Crippen molar-refractivity contribution in [2.75, 3.05) is 44.4 Å². The molecule has 0 aliphatic rings. The number of pyridine rings is 1. The molecule has 3 rings (SSSR count). The van der Waals surface area contributed by atoms with Crippen LogP contribution in [-0.2, 0) is 4.79 Å². The van der Waals surface area contributed by atoms with Crippen molar-refractivity contribution in [1.29, 1.82) is 0 Å². The second-order valence-corrected chi connectivity index (χ2v) is 8.56. The lowest BCUT2D eigenvalue weighted by molar-refractivity contribution is -0.158.